The third-order valence-corrected chi connectivity index (χ3v) is 3.61. The van der Waals surface area contributed by atoms with Crippen LogP contribution < -0.4 is 10.2 Å². The fourth-order valence-electron chi connectivity index (χ4n) is 2.62. The molecule has 1 aromatic carbocycles. The van der Waals surface area contributed by atoms with Gasteiger partial charge in [-0.15, -0.1) is 0 Å². The maximum atomic E-state index is 13.2. The van der Waals surface area contributed by atoms with Crippen LogP contribution in [0.2, 0.25) is 0 Å². The summed E-state index contributed by atoms with van der Waals surface area (Å²) in [4.78, 5) is 2.01. The van der Waals surface area contributed by atoms with Crippen LogP contribution in [0.1, 0.15) is 22.9 Å². The van der Waals surface area contributed by atoms with Crippen LogP contribution in [0.15, 0.2) is 24.3 Å². The first-order chi connectivity index (χ1) is 10.4. The lowest BCUT2D eigenvalue weighted by Crippen LogP contribution is -2.23. The third kappa shape index (κ3) is 3.64. The van der Waals surface area contributed by atoms with Crippen molar-refractivity contribution in [3.8, 4) is 0 Å². The van der Waals surface area contributed by atoms with Crippen LogP contribution in [0.25, 0.3) is 0 Å². The molecule has 6 heteroatoms. The van der Waals surface area contributed by atoms with Gasteiger partial charge in [0.05, 0.1) is 11.8 Å². The van der Waals surface area contributed by atoms with Gasteiger partial charge in [0.25, 0.3) is 0 Å². The predicted octanol–water partition coefficient (Wildman–Crippen LogP) is 1.76. The second kappa shape index (κ2) is 6.89. The van der Waals surface area contributed by atoms with Crippen LogP contribution in [0, 0.1) is 12.7 Å². The molecule has 120 valence electrons. The topological polar surface area (TPSA) is 53.3 Å². The average Bonchev–Trinajstić information content (AvgIpc) is 2.73. The molecular formula is C16H23FN4O. The number of nitrogens with one attached hydrogen (secondary N) is 1. The summed E-state index contributed by atoms with van der Waals surface area (Å²) in [6, 6.07) is 6.04. The van der Waals surface area contributed by atoms with E-state index in [1.165, 1.54) is 12.1 Å². The van der Waals surface area contributed by atoms with Crippen molar-refractivity contribution in [3.05, 3.63) is 46.9 Å². The van der Waals surface area contributed by atoms with E-state index < -0.39 is 6.10 Å². The molecule has 0 spiro atoms. The molecule has 5 nitrogen and oxygen atoms in total. The Bertz CT molecular complexity index is 639. The predicted molar refractivity (Wildman–Crippen MR) is 85.3 cm³/mol. The normalized spacial score (nSPS) is 12.5. The van der Waals surface area contributed by atoms with Crippen LogP contribution in [0.3, 0.4) is 0 Å². The van der Waals surface area contributed by atoms with Gasteiger partial charge in [0.2, 0.25) is 0 Å². The molecule has 1 atom stereocenters. The van der Waals surface area contributed by atoms with Crippen molar-refractivity contribution in [2.45, 2.75) is 19.6 Å². The molecule has 2 N–H and O–H groups in total. The standard InChI is InChI=1S/C16H23FN4O/c1-11-14(16(20(2)3)21(4)19-11)9-18-10-15(22)12-6-5-7-13(17)8-12/h5-8,15,18,22H,9-10H2,1-4H3/t15-/m0/s1. The number of hydrogen-bond acceptors (Lipinski definition) is 4. The van der Waals surface area contributed by atoms with E-state index in [4.69, 9.17) is 0 Å². The van der Waals surface area contributed by atoms with Gasteiger partial charge in [-0.3, -0.25) is 4.68 Å². The Labute approximate surface area is 130 Å². The molecule has 2 rings (SSSR count). The zero-order valence-corrected chi connectivity index (χ0v) is 13.5. The first-order valence-electron chi connectivity index (χ1n) is 7.24. The van der Waals surface area contributed by atoms with Gasteiger partial charge in [-0.25, -0.2) is 4.39 Å². The number of benzene rings is 1. The Hall–Kier alpha value is -1.92. The summed E-state index contributed by atoms with van der Waals surface area (Å²) in [5.41, 5.74) is 2.63. The van der Waals surface area contributed by atoms with Crippen LogP contribution in [-0.2, 0) is 13.6 Å². The molecule has 0 aliphatic carbocycles. The first-order valence-corrected chi connectivity index (χ1v) is 7.24. The molecule has 0 aliphatic heterocycles. The molecule has 0 radical (unpaired) electrons. The summed E-state index contributed by atoms with van der Waals surface area (Å²) >= 11 is 0. The van der Waals surface area contributed by atoms with Crippen molar-refractivity contribution < 1.29 is 9.50 Å². The van der Waals surface area contributed by atoms with E-state index >= 15 is 0 Å². The maximum Gasteiger partial charge on any atom is 0.130 e. The lowest BCUT2D eigenvalue weighted by Gasteiger charge is -2.17. The Morgan fingerprint density at radius 1 is 1.41 bits per heavy atom. The fraction of sp³-hybridized carbons (Fsp3) is 0.438. The molecule has 0 amide bonds. The molecule has 0 saturated heterocycles. The molecule has 1 aromatic heterocycles. The highest BCUT2D eigenvalue weighted by atomic mass is 19.1. The number of hydrogen-bond donors (Lipinski definition) is 2. The molecule has 0 unspecified atom stereocenters. The Kier molecular flexibility index (Phi) is 5.15. The van der Waals surface area contributed by atoms with Crippen LogP contribution in [-0.4, -0.2) is 35.5 Å². The van der Waals surface area contributed by atoms with Crippen molar-refractivity contribution in [3.63, 3.8) is 0 Å². The maximum absolute atomic E-state index is 13.2. The van der Waals surface area contributed by atoms with Gasteiger partial charge in [0.1, 0.15) is 11.6 Å². The van der Waals surface area contributed by atoms with Gasteiger partial charge in [0.15, 0.2) is 0 Å². The van der Waals surface area contributed by atoms with E-state index in [0.29, 0.717) is 18.7 Å². The molecule has 0 saturated carbocycles. The minimum atomic E-state index is -0.740. The Morgan fingerprint density at radius 2 is 2.14 bits per heavy atom. The summed E-state index contributed by atoms with van der Waals surface area (Å²) in [6.07, 6.45) is -0.740. The van der Waals surface area contributed by atoms with Crippen LogP contribution >= 0.6 is 0 Å². The smallest absolute Gasteiger partial charge is 0.130 e. The van der Waals surface area contributed by atoms with Crippen molar-refractivity contribution in [1.82, 2.24) is 15.1 Å². The highest BCUT2D eigenvalue weighted by Crippen LogP contribution is 2.21. The third-order valence-electron chi connectivity index (χ3n) is 3.61. The number of rotatable bonds is 6. The summed E-state index contributed by atoms with van der Waals surface area (Å²) in [5.74, 6) is 0.694. The molecular weight excluding hydrogens is 283 g/mol. The largest absolute Gasteiger partial charge is 0.387 e. The van der Waals surface area contributed by atoms with E-state index in [1.54, 1.807) is 12.1 Å². The minimum Gasteiger partial charge on any atom is -0.387 e. The van der Waals surface area contributed by atoms with Crippen molar-refractivity contribution >= 4 is 5.82 Å². The van der Waals surface area contributed by atoms with Gasteiger partial charge in [-0.05, 0) is 24.6 Å². The number of aryl methyl sites for hydroxylation is 2. The van der Waals surface area contributed by atoms with Crippen molar-refractivity contribution in [2.24, 2.45) is 7.05 Å². The molecule has 0 bridgehead atoms. The van der Waals surface area contributed by atoms with E-state index in [1.807, 2.05) is 37.6 Å². The molecule has 2 aromatic rings. The van der Waals surface area contributed by atoms with Gasteiger partial charge >= 0.3 is 0 Å². The molecule has 0 fully saturated rings. The SMILES string of the molecule is Cc1nn(C)c(N(C)C)c1CNC[C@H](O)c1cccc(F)c1. The minimum absolute atomic E-state index is 0.338. The summed E-state index contributed by atoms with van der Waals surface area (Å²) in [7, 11) is 5.86. The average molecular weight is 306 g/mol. The van der Waals surface area contributed by atoms with Crippen molar-refractivity contribution in [1.29, 1.82) is 0 Å². The Morgan fingerprint density at radius 3 is 2.77 bits per heavy atom. The lowest BCUT2D eigenvalue weighted by molar-refractivity contribution is 0.174. The highest BCUT2D eigenvalue weighted by Gasteiger charge is 2.15. The monoisotopic (exact) mass is 306 g/mol. The number of nitrogens with zero attached hydrogens (tertiary/aromatic N) is 3. The second-order valence-corrected chi connectivity index (χ2v) is 5.61. The lowest BCUT2D eigenvalue weighted by atomic mass is 10.1. The van der Waals surface area contributed by atoms with Gasteiger partial charge in [0, 0.05) is 39.8 Å². The quantitative estimate of drug-likeness (QED) is 0.854. The zero-order chi connectivity index (χ0) is 16.3. The van der Waals surface area contributed by atoms with E-state index in [9.17, 15) is 9.50 Å². The van der Waals surface area contributed by atoms with Crippen molar-refractivity contribution in [2.75, 3.05) is 25.5 Å². The summed E-state index contributed by atoms with van der Waals surface area (Å²) < 4.78 is 15.0. The van der Waals surface area contributed by atoms with Crippen LogP contribution in [0.5, 0.6) is 0 Å². The molecule has 1 heterocycles. The van der Waals surface area contributed by atoms with E-state index in [0.717, 1.165) is 17.1 Å². The fourth-order valence-corrected chi connectivity index (χ4v) is 2.62. The van der Waals surface area contributed by atoms with Gasteiger partial charge < -0.3 is 15.3 Å². The van der Waals surface area contributed by atoms with Gasteiger partial charge in [-0.1, -0.05) is 12.1 Å². The number of aromatic nitrogens is 2. The summed E-state index contributed by atoms with van der Waals surface area (Å²) in [5, 5.41) is 17.8. The van der Waals surface area contributed by atoms with Gasteiger partial charge in [-0.2, -0.15) is 5.10 Å². The Balaban J connectivity index is 2.00. The second-order valence-electron chi connectivity index (χ2n) is 5.61. The zero-order valence-electron chi connectivity index (χ0n) is 13.5. The highest BCUT2D eigenvalue weighted by molar-refractivity contribution is 5.48. The number of aliphatic hydroxyl groups is 1. The summed E-state index contributed by atoms with van der Waals surface area (Å²) in [6.45, 7) is 2.91. The molecule has 22 heavy (non-hydrogen) atoms. The van der Waals surface area contributed by atoms with E-state index in [-0.39, 0.29) is 5.82 Å². The van der Waals surface area contributed by atoms with E-state index in [2.05, 4.69) is 10.4 Å². The first kappa shape index (κ1) is 16.5. The number of halogens is 1. The number of anilines is 1. The number of aliphatic hydroxyl groups excluding tert-OH is 1. The van der Waals surface area contributed by atoms with Crippen LogP contribution in [0.4, 0.5) is 10.2 Å². The molecule has 0 aliphatic rings.